The van der Waals surface area contributed by atoms with Gasteiger partial charge in [-0.1, -0.05) is 75.7 Å². The highest BCUT2D eigenvalue weighted by Gasteiger charge is 2.70. The van der Waals surface area contributed by atoms with E-state index >= 15 is 0 Å². The van der Waals surface area contributed by atoms with Crippen LogP contribution < -0.4 is 0 Å². The van der Waals surface area contributed by atoms with E-state index in [-0.39, 0.29) is 40.1 Å². The van der Waals surface area contributed by atoms with Crippen LogP contribution in [0.1, 0.15) is 118 Å². The molecule has 2 saturated heterocycles. The molecule has 7 nitrogen and oxygen atoms in total. The van der Waals surface area contributed by atoms with Gasteiger partial charge in [0.15, 0.2) is 28.5 Å². The van der Waals surface area contributed by atoms with E-state index in [4.69, 9.17) is 22.7 Å². The second-order valence-electron chi connectivity index (χ2n) is 17.5. The molecule has 6 atom stereocenters. The Morgan fingerprint density at radius 1 is 1.02 bits per heavy atom. The van der Waals surface area contributed by atoms with Gasteiger partial charge in [0.05, 0.1) is 36.7 Å². The largest absolute Gasteiger partial charge is 0.507 e. The highest BCUT2D eigenvalue weighted by Crippen LogP contribution is 2.55. The summed E-state index contributed by atoms with van der Waals surface area (Å²) in [5.74, 6) is 0.609. The highest BCUT2D eigenvalue weighted by atomic mass is 28.4. The maximum absolute atomic E-state index is 11.6. The molecule has 46 heavy (non-hydrogen) atoms. The van der Waals surface area contributed by atoms with Crippen molar-refractivity contribution in [3.63, 3.8) is 0 Å². The molecule has 0 aliphatic carbocycles. The van der Waals surface area contributed by atoms with Crippen LogP contribution in [-0.2, 0) is 31.4 Å². The summed E-state index contributed by atoms with van der Waals surface area (Å²) >= 11 is 0. The summed E-state index contributed by atoms with van der Waals surface area (Å²) in [7, 11) is -4.28. The van der Waals surface area contributed by atoms with Gasteiger partial charge in [-0.25, -0.2) is 0 Å². The Balaban J connectivity index is 1.78. The first kappa shape index (κ1) is 37.6. The van der Waals surface area contributed by atoms with E-state index in [1.807, 2.05) is 6.26 Å². The van der Waals surface area contributed by atoms with Gasteiger partial charge in [0.2, 0.25) is 0 Å². The van der Waals surface area contributed by atoms with Gasteiger partial charge >= 0.3 is 0 Å². The van der Waals surface area contributed by atoms with Crippen molar-refractivity contribution in [2.75, 3.05) is 0 Å². The van der Waals surface area contributed by atoms with Crippen LogP contribution in [0.15, 0.2) is 16.7 Å². The van der Waals surface area contributed by atoms with Crippen LogP contribution in [0.3, 0.4) is 0 Å². The molecule has 0 bridgehead atoms. The van der Waals surface area contributed by atoms with Crippen LogP contribution in [0.5, 0.6) is 5.75 Å². The Bertz CT molecular complexity index is 1350. The number of hydrogen-bond donors (Lipinski definition) is 2. The average Bonchev–Trinajstić information content (AvgIpc) is 3.53. The fourth-order valence-electron chi connectivity index (χ4n) is 6.57. The van der Waals surface area contributed by atoms with E-state index in [0.717, 1.165) is 47.8 Å². The fourth-order valence-corrected chi connectivity index (χ4v) is 8.86. The minimum Gasteiger partial charge on any atom is -0.507 e. The number of ether oxygens (including phenoxy) is 2. The summed E-state index contributed by atoms with van der Waals surface area (Å²) in [4.78, 5) is 0. The Labute approximate surface area is 281 Å². The van der Waals surface area contributed by atoms with Crippen LogP contribution in [-0.4, -0.2) is 57.1 Å². The van der Waals surface area contributed by atoms with Gasteiger partial charge < -0.3 is 33.0 Å². The zero-order valence-electron chi connectivity index (χ0n) is 31.3. The van der Waals surface area contributed by atoms with Gasteiger partial charge in [0, 0.05) is 23.3 Å². The van der Waals surface area contributed by atoms with Crippen molar-refractivity contribution in [1.29, 1.82) is 0 Å². The van der Waals surface area contributed by atoms with Gasteiger partial charge in [0.25, 0.3) is 0 Å². The lowest BCUT2D eigenvalue weighted by molar-refractivity contribution is -0.234. The first-order valence-electron chi connectivity index (χ1n) is 17.7. The molecule has 9 heteroatoms. The number of aromatic hydroxyl groups is 1. The van der Waals surface area contributed by atoms with Crippen molar-refractivity contribution in [3.8, 4) is 5.75 Å². The Morgan fingerprint density at radius 2 is 1.65 bits per heavy atom. The molecule has 4 rings (SSSR count). The Morgan fingerprint density at radius 3 is 2.17 bits per heavy atom. The third-order valence-corrected chi connectivity index (χ3v) is 20.5. The predicted molar refractivity (Wildman–Crippen MR) is 192 cm³/mol. The molecule has 3 heterocycles. The minimum absolute atomic E-state index is 0.0187. The maximum Gasteiger partial charge on any atom is 0.192 e. The van der Waals surface area contributed by atoms with Crippen molar-refractivity contribution in [2.45, 2.75) is 180 Å². The molecule has 2 N–H and O–H groups in total. The van der Waals surface area contributed by atoms with Crippen LogP contribution in [0.4, 0.5) is 0 Å². The number of phenols is 1. The highest BCUT2D eigenvalue weighted by molar-refractivity contribution is 6.74. The lowest BCUT2D eigenvalue weighted by Gasteiger charge is -2.46. The van der Waals surface area contributed by atoms with E-state index in [9.17, 15) is 10.2 Å². The second-order valence-corrected chi connectivity index (χ2v) is 27.0. The zero-order chi connectivity index (χ0) is 34.6. The average molecular weight is 677 g/mol. The number of furan rings is 1. The van der Waals surface area contributed by atoms with E-state index in [1.165, 1.54) is 0 Å². The predicted octanol–water partition coefficient (Wildman–Crippen LogP) is 9.79. The standard InChI is InChI=1S/C37H64O7Si2/c1-15-17-25(29-20-31(44-46(13,14)36(8,9)10)37(34(39)42-29)30(16-2)43-37)27-21-40-33-26(27)19-24(18-23(3)4)32(38)28(33)22-41-45(11,12)35(5,6)7/h19,21,23,25,29-31,34,38-39H,15-18,20,22H2,1-14H3/t25?,29-,30?,31-,34-,37-/m1/s1. The first-order chi connectivity index (χ1) is 21.1. The van der Waals surface area contributed by atoms with Crippen molar-refractivity contribution in [3.05, 3.63) is 29.0 Å². The van der Waals surface area contributed by atoms with Crippen molar-refractivity contribution < 1.29 is 33.0 Å². The number of aliphatic hydroxyl groups is 1. The zero-order valence-corrected chi connectivity index (χ0v) is 33.3. The molecule has 2 unspecified atom stereocenters. The Kier molecular flexibility index (Phi) is 10.8. The van der Waals surface area contributed by atoms with Crippen molar-refractivity contribution >= 4 is 27.6 Å². The molecule has 262 valence electrons. The summed E-state index contributed by atoms with van der Waals surface area (Å²) in [5, 5.41) is 24.3. The Hall–Kier alpha value is -1.21. The van der Waals surface area contributed by atoms with Gasteiger partial charge in [0.1, 0.15) is 11.3 Å². The number of rotatable bonds is 12. The van der Waals surface area contributed by atoms with Gasteiger partial charge in [-0.05, 0) is 73.1 Å². The molecule has 2 aromatic rings. The molecule has 1 aromatic carbocycles. The van der Waals surface area contributed by atoms with Crippen LogP contribution in [0.25, 0.3) is 11.0 Å². The number of benzene rings is 1. The van der Waals surface area contributed by atoms with Crippen LogP contribution in [0.2, 0.25) is 36.3 Å². The van der Waals surface area contributed by atoms with E-state index in [0.29, 0.717) is 24.5 Å². The molecular weight excluding hydrogens is 613 g/mol. The molecule has 2 fully saturated rings. The molecular formula is C37H64O7Si2. The summed E-state index contributed by atoms with van der Waals surface area (Å²) in [6, 6.07) is 2.11. The summed E-state index contributed by atoms with van der Waals surface area (Å²) < 4.78 is 32.9. The quantitative estimate of drug-likeness (QED) is 0.171. The monoisotopic (exact) mass is 676 g/mol. The molecule has 2 aliphatic heterocycles. The number of fused-ring (bicyclic) bond motifs is 1. The molecule has 0 amide bonds. The lowest BCUT2D eigenvalue weighted by Crippen LogP contribution is -2.58. The van der Waals surface area contributed by atoms with E-state index < -0.39 is 28.5 Å². The van der Waals surface area contributed by atoms with Crippen LogP contribution >= 0.6 is 0 Å². The number of hydrogen-bond acceptors (Lipinski definition) is 7. The van der Waals surface area contributed by atoms with Gasteiger partial charge in [-0.15, -0.1) is 0 Å². The SMILES string of the molecule is CCCC(c1coc2c(CO[Si](C)(C)C(C)(C)C)c(O)c(CC(C)C)cc12)[C@H]1C[C@@H](O[Si](C)(C)C(C)(C)C)[C@@]2(OC2CC)[C@H](O)O1. The normalized spacial score (nSPS) is 26.8. The minimum atomic E-state index is -2.18. The van der Waals surface area contributed by atoms with Gasteiger partial charge in [-0.2, -0.15) is 0 Å². The molecule has 0 radical (unpaired) electrons. The van der Waals surface area contributed by atoms with Crippen LogP contribution in [0, 0.1) is 5.92 Å². The lowest BCUT2D eigenvalue weighted by atomic mass is 9.80. The van der Waals surface area contributed by atoms with Crippen molar-refractivity contribution in [2.24, 2.45) is 5.92 Å². The van der Waals surface area contributed by atoms with E-state index in [1.54, 1.807) is 0 Å². The smallest absolute Gasteiger partial charge is 0.192 e. The number of epoxide rings is 1. The summed E-state index contributed by atoms with van der Waals surface area (Å²) in [6.45, 7) is 31.4. The third kappa shape index (κ3) is 7.07. The number of aliphatic hydroxyl groups excluding tert-OH is 1. The first-order valence-corrected chi connectivity index (χ1v) is 23.5. The fraction of sp³-hybridized carbons (Fsp3) is 0.784. The third-order valence-electron chi connectivity index (χ3n) is 11.5. The summed E-state index contributed by atoms with van der Waals surface area (Å²) in [5.41, 5.74) is 2.55. The number of phenolic OH excluding ortho intramolecular Hbond substituents is 1. The topological polar surface area (TPSA) is 93.8 Å². The second kappa shape index (κ2) is 13.3. The summed E-state index contributed by atoms with van der Waals surface area (Å²) in [6.07, 6.45) is 4.14. The van der Waals surface area contributed by atoms with Gasteiger partial charge in [-0.3, -0.25) is 0 Å². The molecule has 2 aliphatic rings. The molecule has 1 aromatic heterocycles. The van der Waals surface area contributed by atoms with E-state index in [2.05, 4.69) is 101 Å². The van der Waals surface area contributed by atoms with Crippen molar-refractivity contribution in [1.82, 2.24) is 0 Å². The molecule has 1 spiro atoms. The maximum atomic E-state index is 11.6. The molecule has 0 saturated carbocycles.